The number of nitrogens with one attached hydrogen (secondary N) is 1. The molecule has 0 aromatic carbocycles. The second kappa shape index (κ2) is 5.85. The SMILES string of the molecule is O=C(CCCn1cncn1)N1C[C@H]2Cc3c(C(F)(F)F)n[nH]c3[C@H]2C1. The van der Waals surface area contributed by atoms with Crippen molar-refractivity contribution in [3.63, 3.8) is 0 Å². The van der Waals surface area contributed by atoms with Gasteiger partial charge < -0.3 is 4.90 Å². The molecule has 3 heterocycles. The van der Waals surface area contributed by atoms with Crippen LogP contribution in [0.1, 0.15) is 35.7 Å². The maximum absolute atomic E-state index is 13.0. The number of hydrogen-bond donors (Lipinski definition) is 1. The number of likely N-dealkylation sites (tertiary alicyclic amines) is 1. The summed E-state index contributed by atoms with van der Waals surface area (Å²) in [6, 6.07) is 0. The number of halogens is 3. The lowest BCUT2D eigenvalue weighted by Gasteiger charge is -2.17. The summed E-state index contributed by atoms with van der Waals surface area (Å²) in [5.41, 5.74) is 0.0265. The van der Waals surface area contributed by atoms with Gasteiger partial charge in [0.25, 0.3) is 0 Å². The highest BCUT2D eigenvalue weighted by atomic mass is 19.4. The van der Waals surface area contributed by atoms with E-state index in [9.17, 15) is 18.0 Å². The van der Waals surface area contributed by atoms with Gasteiger partial charge in [-0.05, 0) is 18.8 Å². The normalized spacial score (nSPS) is 22.3. The molecular weight excluding hydrogens is 337 g/mol. The van der Waals surface area contributed by atoms with Gasteiger partial charge in [0.15, 0.2) is 5.69 Å². The number of aromatic amines is 1. The lowest BCUT2D eigenvalue weighted by Crippen LogP contribution is -2.29. The number of aryl methyl sites for hydroxylation is 1. The van der Waals surface area contributed by atoms with Crippen LogP contribution < -0.4 is 0 Å². The summed E-state index contributed by atoms with van der Waals surface area (Å²) in [6.07, 6.45) is -0.0124. The fourth-order valence-electron chi connectivity index (χ4n) is 3.90. The predicted octanol–water partition coefficient (Wildman–Crippen LogP) is 1.60. The van der Waals surface area contributed by atoms with Crippen molar-refractivity contribution in [1.82, 2.24) is 29.9 Å². The molecule has 7 nitrogen and oxygen atoms in total. The first kappa shape index (κ1) is 16.1. The van der Waals surface area contributed by atoms with Crippen LogP contribution in [0.15, 0.2) is 12.7 Å². The van der Waals surface area contributed by atoms with Gasteiger partial charge in [0.05, 0.1) is 0 Å². The van der Waals surface area contributed by atoms with Crippen LogP contribution in [0, 0.1) is 5.92 Å². The minimum Gasteiger partial charge on any atom is -0.342 e. The molecule has 1 saturated heterocycles. The third-order valence-corrected chi connectivity index (χ3v) is 5.04. The van der Waals surface area contributed by atoms with E-state index in [0.29, 0.717) is 44.6 Å². The largest absolute Gasteiger partial charge is 0.435 e. The summed E-state index contributed by atoms with van der Waals surface area (Å²) in [4.78, 5) is 18.0. The number of amides is 1. The van der Waals surface area contributed by atoms with E-state index in [2.05, 4.69) is 20.3 Å². The number of rotatable bonds is 4. The highest BCUT2D eigenvalue weighted by molar-refractivity contribution is 5.76. The van der Waals surface area contributed by atoms with Crippen LogP contribution in [0.5, 0.6) is 0 Å². The molecule has 25 heavy (non-hydrogen) atoms. The number of H-pyrrole nitrogens is 1. The lowest BCUT2D eigenvalue weighted by atomic mass is 9.99. The minimum absolute atomic E-state index is 0.0339. The molecule has 2 aromatic rings. The molecule has 0 bridgehead atoms. The van der Waals surface area contributed by atoms with Gasteiger partial charge >= 0.3 is 6.18 Å². The Kier molecular flexibility index (Phi) is 3.77. The summed E-state index contributed by atoms with van der Waals surface area (Å²) in [7, 11) is 0. The van der Waals surface area contributed by atoms with Crippen molar-refractivity contribution in [2.45, 2.75) is 37.9 Å². The molecule has 1 N–H and O–H groups in total. The van der Waals surface area contributed by atoms with Crippen LogP contribution in [-0.2, 0) is 23.9 Å². The summed E-state index contributed by atoms with van der Waals surface area (Å²) in [6.45, 7) is 1.58. The van der Waals surface area contributed by atoms with E-state index in [1.807, 2.05) is 0 Å². The zero-order valence-corrected chi connectivity index (χ0v) is 13.3. The van der Waals surface area contributed by atoms with Gasteiger partial charge in [-0.3, -0.25) is 14.6 Å². The average molecular weight is 354 g/mol. The van der Waals surface area contributed by atoms with Gasteiger partial charge in [-0.15, -0.1) is 0 Å². The maximum Gasteiger partial charge on any atom is 0.435 e. The highest BCUT2D eigenvalue weighted by Gasteiger charge is 2.48. The number of nitrogens with zero attached hydrogens (tertiary/aromatic N) is 5. The molecule has 2 aromatic heterocycles. The Morgan fingerprint density at radius 2 is 2.20 bits per heavy atom. The van der Waals surface area contributed by atoms with Crippen LogP contribution >= 0.6 is 0 Å². The Hall–Kier alpha value is -2.39. The second-order valence-electron chi connectivity index (χ2n) is 6.59. The molecule has 1 aliphatic heterocycles. The van der Waals surface area contributed by atoms with Crippen LogP contribution in [0.3, 0.4) is 0 Å². The molecule has 0 saturated carbocycles. The number of alkyl halides is 3. The smallest absolute Gasteiger partial charge is 0.342 e. The summed E-state index contributed by atoms with van der Waals surface area (Å²) in [5, 5.41) is 9.99. The van der Waals surface area contributed by atoms with Crippen molar-refractivity contribution in [1.29, 1.82) is 0 Å². The van der Waals surface area contributed by atoms with Gasteiger partial charge in [0, 0.05) is 43.2 Å². The number of carbonyl (C=O) groups is 1. The van der Waals surface area contributed by atoms with E-state index >= 15 is 0 Å². The van der Waals surface area contributed by atoms with E-state index in [1.54, 1.807) is 15.9 Å². The molecule has 1 fully saturated rings. The molecule has 2 aliphatic rings. The van der Waals surface area contributed by atoms with Gasteiger partial charge in [-0.1, -0.05) is 0 Å². The van der Waals surface area contributed by atoms with Crippen molar-refractivity contribution in [2.24, 2.45) is 5.92 Å². The third kappa shape index (κ3) is 2.89. The fraction of sp³-hybridized carbons (Fsp3) is 0.600. The van der Waals surface area contributed by atoms with E-state index < -0.39 is 11.9 Å². The zero-order valence-electron chi connectivity index (χ0n) is 13.3. The highest BCUT2D eigenvalue weighted by Crippen LogP contribution is 2.46. The van der Waals surface area contributed by atoms with Crippen molar-refractivity contribution < 1.29 is 18.0 Å². The van der Waals surface area contributed by atoms with Crippen LogP contribution in [0.4, 0.5) is 13.2 Å². The van der Waals surface area contributed by atoms with Gasteiger partial charge in [0.2, 0.25) is 5.91 Å². The second-order valence-corrected chi connectivity index (χ2v) is 6.59. The first-order valence-electron chi connectivity index (χ1n) is 8.18. The summed E-state index contributed by atoms with van der Waals surface area (Å²) in [5.74, 6) is 0.00843. The Labute approximate surface area is 141 Å². The Morgan fingerprint density at radius 3 is 2.92 bits per heavy atom. The number of aromatic nitrogens is 5. The van der Waals surface area contributed by atoms with Crippen molar-refractivity contribution in [3.8, 4) is 0 Å². The lowest BCUT2D eigenvalue weighted by molar-refractivity contribution is -0.141. The minimum atomic E-state index is -4.43. The molecule has 0 unspecified atom stereocenters. The zero-order chi connectivity index (χ0) is 17.6. The van der Waals surface area contributed by atoms with Crippen LogP contribution in [0.25, 0.3) is 0 Å². The maximum atomic E-state index is 13.0. The fourth-order valence-corrected chi connectivity index (χ4v) is 3.90. The van der Waals surface area contributed by atoms with Crippen molar-refractivity contribution >= 4 is 5.91 Å². The van der Waals surface area contributed by atoms with Gasteiger partial charge in [0.1, 0.15) is 12.7 Å². The van der Waals surface area contributed by atoms with Crippen LogP contribution in [-0.4, -0.2) is 48.9 Å². The van der Waals surface area contributed by atoms with Crippen molar-refractivity contribution in [3.05, 3.63) is 29.6 Å². The van der Waals surface area contributed by atoms with Gasteiger partial charge in [-0.2, -0.15) is 23.4 Å². The van der Waals surface area contributed by atoms with E-state index in [4.69, 9.17) is 0 Å². The van der Waals surface area contributed by atoms with Crippen LogP contribution in [0.2, 0.25) is 0 Å². The standard InChI is InChI=1S/C15H17F3N6O/c16-15(17,18)14-10-4-9-5-23(6-11(9)13(10)21-22-14)12(25)2-1-3-24-8-19-7-20-24/h7-9,11H,1-6H2,(H,21,22)/t9-,11+/m1/s1. The molecule has 0 spiro atoms. The molecular formula is C15H17F3N6O. The quantitative estimate of drug-likeness (QED) is 0.904. The van der Waals surface area contributed by atoms with Gasteiger partial charge in [-0.25, -0.2) is 4.98 Å². The molecule has 1 amide bonds. The topological polar surface area (TPSA) is 79.7 Å². The molecule has 10 heteroatoms. The predicted molar refractivity (Wildman–Crippen MR) is 79.4 cm³/mol. The first-order chi connectivity index (χ1) is 11.9. The molecule has 2 atom stereocenters. The number of fused-ring (bicyclic) bond motifs is 3. The van der Waals surface area contributed by atoms with Crippen molar-refractivity contribution in [2.75, 3.05) is 13.1 Å². The Bertz CT molecular complexity index is 769. The van der Waals surface area contributed by atoms with E-state index in [0.717, 1.165) is 0 Å². The number of hydrogen-bond acceptors (Lipinski definition) is 4. The molecule has 134 valence electrons. The third-order valence-electron chi connectivity index (χ3n) is 5.04. The Balaban J connectivity index is 1.36. The summed E-state index contributed by atoms with van der Waals surface area (Å²) < 4.78 is 40.5. The summed E-state index contributed by atoms with van der Waals surface area (Å²) >= 11 is 0. The first-order valence-corrected chi connectivity index (χ1v) is 8.18. The average Bonchev–Trinajstić information content (AvgIpc) is 3.27. The van der Waals surface area contributed by atoms with E-state index in [1.165, 1.54) is 6.33 Å². The Morgan fingerprint density at radius 1 is 1.36 bits per heavy atom. The number of carbonyl (C=O) groups excluding carboxylic acids is 1. The molecule has 0 radical (unpaired) electrons. The molecule has 4 rings (SSSR count). The monoisotopic (exact) mass is 354 g/mol. The van der Waals surface area contributed by atoms with E-state index in [-0.39, 0.29) is 23.3 Å². The molecule has 1 aliphatic carbocycles.